The number of aryl methyl sites for hydroxylation is 1. The largest absolute Gasteiger partial charge is 0.508 e. The van der Waals surface area contributed by atoms with Crippen LogP contribution in [0.2, 0.25) is 0 Å². The fourth-order valence-electron chi connectivity index (χ4n) is 10.3. The number of amides is 6. The number of thiazole rings is 6. The molecule has 0 aliphatic carbocycles. The number of phenols is 1. The van der Waals surface area contributed by atoms with E-state index in [0.717, 1.165) is 22.7 Å². The Morgan fingerprint density at radius 2 is 1.33 bits per heavy atom. The van der Waals surface area contributed by atoms with E-state index in [0.29, 0.717) is 96.2 Å². The first-order valence-electron chi connectivity index (χ1n) is 27.0. The van der Waals surface area contributed by atoms with Crippen LogP contribution in [0.3, 0.4) is 0 Å². The monoisotopic (exact) mass is 1270 g/mol. The summed E-state index contributed by atoms with van der Waals surface area (Å²) in [6.07, 6.45) is -2.79. The minimum atomic E-state index is -1.40. The summed E-state index contributed by atoms with van der Waals surface area (Å²) in [5, 5.41) is 56.1. The lowest BCUT2D eigenvalue weighted by molar-refractivity contribution is -0.134. The van der Waals surface area contributed by atoms with Crippen molar-refractivity contribution in [2.45, 2.75) is 63.1 Å². The molecule has 7 aromatic heterocycles. The SMILES string of the molecule is Cc1sc2nc1C(=O)N[C@@H]([C@H](O)c1ccccc1)c1nc(cs1)C(=O)N[C@@H](Cc1ccc(O)cc1)C(=O)N1C[C@H](O)[C@H](C)[C@H]1c1nc(cs1)-c1nc(cs1)-c1nc(-c3nc(C(=O)N4CCNCC4)cs3)ccc1-c1nc(cs1)C(=O)N[C@H]2CC(N)=O. The molecule has 10 heterocycles. The number of aromatic hydroxyl groups is 1. The smallest absolute Gasteiger partial charge is 0.273 e. The van der Waals surface area contributed by atoms with Crippen molar-refractivity contribution in [2.24, 2.45) is 11.7 Å². The van der Waals surface area contributed by atoms with E-state index in [1.165, 1.54) is 67.8 Å². The highest BCUT2D eigenvalue weighted by molar-refractivity contribution is 7.15. The van der Waals surface area contributed by atoms with Gasteiger partial charge in [-0.1, -0.05) is 49.4 Å². The second kappa shape index (κ2) is 24.7. The molecule has 29 heteroatoms. The van der Waals surface area contributed by atoms with Crippen molar-refractivity contribution in [1.82, 2.24) is 66.0 Å². The van der Waals surface area contributed by atoms with Crippen LogP contribution in [-0.2, 0) is 16.0 Å². The molecule has 12 rings (SSSR count). The first-order chi connectivity index (χ1) is 41.5. The Bertz CT molecular complexity index is 4040. The normalized spacial score (nSPS) is 20.6. The molecule has 9 N–H and O–H groups in total. The van der Waals surface area contributed by atoms with Gasteiger partial charge in [0.15, 0.2) is 0 Å². The molecule has 7 atom stereocenters. The van der Waals surface area contributed by atoms with Gasteiger partial charge in [0.2, 0.25) is 11.8 Å². The number of fused-ring (bicyclic) bond motifs is 16. The summed E-state index contributed by atoms with van der Waals surface area (Å²) >= 11 is 7.06. The molecule has 0 saturated carbocycles. The van der Waals surface area contributed by atoms with Crippen LogP contribution in [0.15, 0.2) is 93.6 Å². The number of nitrogens with one attached hydrogen (secondary N) is 4. The van der Waals surface area contributed by atoms with E-state index in [-0.39, 0.29) is 51.7 Å². The number of aliphatic hydroxyl groups is 2. The van der Waals surface area contributed by atoms with E-state index in [1.54, 1.807) is 77.2 Å². The quantitative estimate of drug-likeness (QED) is 0.0823. The highest BCUT2D eigenvalue weighted by Crippen LogP contribution is 2.43. The molecule has 10 bridgehead atoms. The minimum Gasteiger partial charge on any atom is -0.508 e. The van der Waals surface area contributed by atoms with Gasteiger partial charge in [0.25, 0.3) is 23.6 Å². The molecule has 2 saturated heterocycles. The molecule has 0 radical (unpaired) electrons. The van der Waals surface area contributed by atoms with Crippen molar-refractivity contribution in [3.63, 3.8) is 0 Å². The predicted octanol–water partition coefficient (Wildman–Crippen LogP) is 6.33. The van der Waals surface area contributed by atoms with Gasteiger partial charge in [0.05, 0.1) is 30.3 Å². The van der Waals surface area contributed by atoms with Crippen molar-refractivity contribution in [2.75, 3.05) is 32.7 Å². The van der Waals surface area contributed by atoms with Gasteiger partial charge in [-0.3, -0.25) is 28.8 Å². The number of aliphatic hydroxyl groups excluding tert-OH is 2. The van der Waals surface area contributed by atoms with Gasteiger partial charge in [0, 0.05) is 82.4 Å². The van der Waals surface area contributed by atoms with Crippen molar-refractivity contribution < 1.29 is 44.1 Å². The average molecular weight is 1270 g/mol. The number of pyridine rings is 1. The number of phenolic OH excluding ortho intramolecular Hbond substituents is 1. The first-order valence-corrected chi connectivity index (χ1v) is 32.2. The Morgan fingerprint density at radius 1 is 0.674 bits per heavy atom. The van der Waals surface area contributed by atoms with Crippen LogP contribution in [0.5, 0.6) is 5.75 Å². The Hall–Kier alpha value is -8.13. The molecule has 23 nitrogen and oxygen atoms in total. The molecule has 0 spiro atoms. The zero-order chi connectivity index (χ0) is 59.9. The highest BCUT2D eigenvalue weighted by atomic mass is 32.1. The summed E-state index contributed by atoms with van der Waals surface area (Å²) in [7, 11) is 0. The van der Waals surface area contributed by atoms with Crippen LogP contribution in [-0.4, -0.2) is 140 Å². The van der Waals surface area contributed by atoms with Gasteiger partial charge in [-0.15, -0.1) is 68.0 Å². The number of piperazine rings is 1. The zero-order valence-corrected chi connectivity index (χ0v) is 50.5. The topological polar surface area (TPSA) is 334 Å². The number of hydrogen-bond acceptors (Lipinski definition) is 23. The highest BCUT2D eigenvalue weighted by Gasteiger charge is 2.45. The second-order valence-corrected chi connectivity index (χ2v) is 26.2. The number of nitrogens with zero attached hydrogens (tertiary/aromatic N) is 9. The maximum absolute atomic E-state index is 15.2. The fraction of sp³-hybridized carbons (Fsp3) is 0.281. The summed E-state index contributed by atoms with van der Waals surface area (Å²) in [5.41, 5.74) is 9.13. The maximum Gasteiger partial charge on any atom is 0.273 e. The summed E-state index contributed by atoms with van der Waals surface area (Å²) in [6, 6.07) is 14.0. The van der Waals surface area contributed by atoms with Gasteiger partial charge in [-0.2, -0.15) is 0 Å². The van der Waals surface area contributed by atoms with E-state index >= 15 is 4.79 Å². The fourth-order valence-corrected chi connectivity index (χ4v) is 15.6. The maximum atomic E-state index is 15.2. The van der Waals surface area contributed by atoms with E-state index < -0.39 is 78.2 Å². The lowest BCUT2D eigenvalue weighted by atomic mass is 10.00. The Kier molecular flexibility index (Phi) is 16.7. The van der Waals surface area contributed by atoms with Crippen molar-refractivity contribution in [3.8, 4) is 49.1 Å². The van der Waals surface area contributed by atoms with E-state index in [4.69, 9.17) is 30.7 Å². The third-order valence-electron chi connectivity index (χ3n) is 14.8. The summed E-state index contributed by atoms with van der Waals surface area (Å²) < 4.78 is 0. The van der Waals surface area contributed by atoms with E-state index in [1.807, 2.05) is 17.7 Å². The number of hydrogen-bond donors (Lipinski definition) is 8. The Labute approximate surface area is 514 Å². The third kappa shape index (κ3) is 12.0. The number of primary amides is 1. The third-order valence-corrected chi connectivity index (χ3v) is 20.4. The molecule has 86 heavy (non-hydrogen) atoms. The lowest BCUT2D eigenvalue weighted by Crippen LogP contribution is -2.50. The van der Waals surface area contributed by atoms with Crippen LogP contribution in [0.25, 0.3) is 43.4 Å². The van der Waals surface area contributed by atoms with Crippen molar-refractivity contribution in [3.05, 3.63) is 147 Å². The van der Waals surface area contributed by atoms with Gasteiger partial charge >= 0.3 is 0 Å². The Morgan fingerprint density at radius 3 is 2.09 bits per heavy atom. The number of carbonyl (C=O) groups excluding carboxylic acids is 6. The van der Waals surface area contributed by atoms with Gasteiger partial charge in [-0.05, 0) is 42.3 Å². The van der Waals surface area contributed by atoms with Gasteiger partial charge in [-0.25, -0.2) is 34.9 Å². The Balaban J connectivity index is 0.951. The summed E-state index contributed by atoms with van der Waals surface area (Å²) in [6.45, 7) is 5.85. The van der Waals surface area contributed by atoms with Crippen LogP contribution in [0, 0.1) is 12.8 Å². The molecule has 2 aromatic carbocycles. The van der Waals surface area contributed by atoms with Gasteiger partial charge in [0.1, 0.15) is 93.8 Å². The van der Waals surface area contributed by atoms with Crippen LogP contribution in [0.4, 0.5) is 0 Å². The predicted molar refractivity (Wildman–Crippen MR) is 325 cm³/mol. The van der Waals surface area contributed by atoms with Gasteiger partial charge < -0.3 is 52.1 Å². The summed E-state index contributed by atoms with van der Waals surface area (Å²) in [5.74, 6) is -4.12. The number of carbonyl (C=O) groups is 6. The number of rotatable bonds is 8. The van der Waals surface area contributed by atoms with Crippen LogP contribution >= 0.6 is 68.0 Å². The molecular formula is C57H52N14O9S6. The average Bonchev–Trinajstić information content (AvgIpc) is 2.24. The molecule has 3 aliphatic rings. The van der Waals surface area contributed by atoms with E-state index in [2.05, 4.69) is 31.2 Å². The standard InChI is InChI=1S/C57H52N14O9S6/c1-26-40(73)20-71-45(26)55-66-38(24-85-55)52-63-35(21-82-52)43-31(12-13-32(60-43)51-67-39(25-83-51)56(79)70-16-14-59-15-17-70)50-64-36(22-81-50)47(76)61-33(19-41(58)74)53-69-42(27(2)86-53)49(78)68-44(46(75)29-6-4-3-5-7-29)54-65-37(23-84-54)48(77)62-34(57(71)80)18-28-8-10-30(72)11-9-28/h3-13,21-26,33-34,40,44-46,59,72-73,75H,14-20H2,1-2H3,(H2,58,74)(H,61,76)(H,62,77)(H,68,78)/t26-,33-,34-,40-,44-,45-,46+/m0/s1. The molecule has 0 unspecified atom stereocenters. The van der Waals surface area contributed by atoms with Crippen molar-refractivity contribution in [1.29, 1.82) is 0 Å². The first kappa shape index (κ1) is 58.3. The van der Waals surface area contributed by atoms with Crippen LogP contribution < -0.4 is 27.0 Å². The second-order valence-electron chi connectivity index (χ2n) is 20.6. The van der Waals surface area contributed by atoms with Crippen molar-refractivity contribution >= 4 is 103 Å². The molecule has 3 aliphatic heterocycles. The molecule has 2 fully saturated rings. The number of nitrogens with two attached hydrogens (primary N) is 1. The number of aromatic nitrogens is 7. The number of benzene rings is 2. The molecule has 6 amide bonds. The summed E-state index contributed by atoms with van der Waals surface area (Å²) in [4.78, 5) is 122. The zero-order valence-electron chi connectivity index (χ0n) is 45.6. The molecular weight excluding hydrogens is 1220 g/mol. The molecule has 9 aromatic rings. The lowest BCUT2D eigenvalue weighted by Gasteiger charge is -2.29. The molecule has 440 valence electrons. The van der Waals surface area contributed by atoms with Crippen LogP contribution in [0.1, 0.15) is 111 Å². The minimum absolute atomic E-state index is 0.00220. The van der Waals surface area contributed by atoms with E-state index in [9.17, 15) is 39.3 Å².